The third-order valence-electron chi connectivity index (χ3n) is 3.09. The SMILES string of the molecule is CC(C)CCCC(C)N1CCCC1=N. The number of rotatable bonds is 5. The summed E-state index contributed by atoms with van der Waals surface area (Å²) < 4.78 is 0. The summed E-state index contributed by atoms with van der Waals surface area (Å²) in [6, 6.07) is 0.587. The lowest BCUT2D eigenvalue weighted by Crippen LogP contribution is -2.33. The Bertz CT molecular complexity index is 187. The smallest absolute Gasteiger partial charge is 0.0960 e. The molecule has 1 atom stereocenters. The zero-order valence-corrected chi connectivity index (χ0v) is 9.84. The molecule has 0 bridgehead atoms. The fourth-order valence-electron chi connectivity index (χ4n) is 2.16. The zero-order valence-electron chi connectivity index (χ0n) is 9.84. The van der Waals surface area contributed by atoms with E-state index in [0.717, 1.165) is 24.7 Å². The van der Waals surface area contributed by atoms with Crippen molar-refractivity contribution in [1.29, 1.82) is 5.41 Å². The minimum absolute atomic E-state index is 0.587. The number of amidine groups is 1. The van der Waals surface area contributed by atoms with E-state index in [2.05, 4.69) is 25.7 Å². The third-order valence-corrected chi connectivity index (χ3v) is 3.09. The van der Waals surface area contributed by atoms with Crippen LogP contribution in [0.1, 0.15) is 52.9 Å². The molecule has 82 valence electrons. The Balaban J connectivity index is 2.20. The number of nitrogens with one attached hydrogen (secondary N) is 1. The van der Waals surface area contributed by atoms with E-state index in [1.165, 1.54) is 25.7 Å². The summed E-state index contributed by atoms with van der Waals surface area (Å²) in [4.78, 5) is 2.28. The lowest BCUT2D eigenvalue weighted by atomic mass is 10.0. The number of nitrogens with zero attached hydrogens (tertiary/aromatic N) is 1. The maximum atomic E-state index is 7.78. The molecule has 0 radical (unpaired) electrons. The molecule has 1 saturated heterocycles. The van der Waals surface area contributed by atoms with E-state index in [4.69, 9.17) is 5.41 Å². The summed E-state index contributed by atoms with van der Waals surface area (Å²) in [5.41, 5.74) is 0. The third kappa shape index (κ3) is 3.32. The molecule has 1 rings (SSSR count). The normalized spacial score (nSPS) is 19.4. The molecule has 2 nitrogen and oxygen atoms in total. The molecule has 0 aliphatic carbocycles. The molecule has 2 heteroatoms. The molecule has 0 amide bonds. The first-order valence-electron chi connectivity index (χ1n) is 5.95. The van der Waals surface area contributed by atoms with Gasteiger partial charge >= 0.3 is 0 Å². The Morgan fingerprint density at radius 3 is 2.50 bits per heavy atom. The predicted molar refractivity (Wildman–Crippen MR) is 61.8 cm³/mol. The van der Waals surface area contributed by atoms with Gasteiger partial charge in [0.05, 0.1) is 5.84 Å². The van der Waals surface area contributed by atoms with Gasteiger partial charge in [0, 0.05) is 19.0 Å². The van der Waals surface area contributed by atoms with Crippen molar-refractivity contribution < 1.29 is 0 Å². The molecule has 1 N–H and O–H groups in total. The Kier molecular flexibility index (Phi) is 4.43. The first-order valence-corrected chi connectivity index (χ1v) is 5.95. The second kappa shape index (κ2) is 5.38. The quantitative estimate of drug-likeness (QED) is 0.718. The van der Waals surface area contributed by atoms with Crippen LogP contribution in [0.15, 0.2) is 0 Å². The fourth-order valence-corrected chi connectivity index (χ4v) is 2.16. The van der Waals surface area contributed by atoms with E-state index in [1.807, 2.05) is 0 Å². The van der Waals surface area contributed by atoms with Crippen LogP contribution >= 0.6 is 0 Å². The topological polar surface area (TPSA) is 27.1 Å². The molecule has 14 heavy (non-hydrogen) atoms. The maximum absolute atomic E-state index is 7.78. The van der Waals surface area contributed by atoms with Crippen LogP contribution in [0.2, 0.25) is 0 Å². The van der Waals surface area contributed by atoms with Crippen molar-refractivity contribution in [2.45, 2.75) is 58.9 Å². The van der Waals surface area contributed by atoms with E-state index in [9.17, 15) is 0 Å². The molecule has 1 heterocycles. The van der Waals surface area contributed by atoms with Crippen molar-refractivity contribution in [2.75, 3.05) is 6.54 Å². The highest BCUT2D eigenvalue weighted by molar-refractivity contribution is 5.81. The number of hydrogen-bond acceptors (Lipinski definition) is 1. The summed E-state index contributed by atoms with van der Waals surface area (Å²) in [7, 11) is 0. The van der Waals surface area contributed by atoms with Crippen molar-refractivity contribution >= 4 is 5.84 Å². The summed E-state index contributed by atoms with van der Waals surface area (Å²) in [6.45, 7) is 7.94. The highest BCUT2D eigenvalue weighted by Crippen LogP contribution is 2.18. The molecule has 0 aromatic carbocycles. The summed E-state index contributed by atoms with van der Waals surface area (Å²) in [5, 5.41) is 7.78. The summed E-state index contributed by atoms with van der Waals surface area (Å²) >= 11 is 0. The molecule has 0 saturated carbocycles. The van der Waals surface area contributed by atoms with Gasteiger partial charge in [-0.1, -0.05) is 26.7 Å². The predicted octanol–water partition coefficient (Wildman–Crippen LogP) is 3.27. The molecule has 1 fully saturated rings. The van der Waals surface area contributed by atoms with Gasteiger partial charge in [0.25, 0.3) is 0 Å². The average molecular weight is 196 g/mol. The van der Waals surface area contributed by atoms with E-state index in [0.29, 0.717) is 6.04 Å². The van der Waals surface area contributed by atoms with Gasteiger partial charge in [-0.15, -0.1) is 0 Å². The monoisotopic (exact) mass is 196 g/mol. The van der Waals surface area contributed by atoms with Crippen molar-refractivity contribution in [3.05, 3.63) is 0 Å². The highest BCUT2D eigenvalue weighted by atomic mass is 15.2. The van der Waals surface area contributed by atoms with Gasteiger partial charge in [-0.3, -0.25) is 5.41 Å². The first-order chi connectivity index (χ1) is 6.61. The summed E-state index contributed by atoms with van der Waals surface area (Å²) in [6.07, 6.45) is 6.07. The van der Waals surface area contributed by atoms with Gasteiger partial charge in [0.15, 0.2) is 0 Å². The minimum atomic E-state index is 0.587. The molecule has 0 aromatic rings. The molecular formula is C12H24N2. The van der Waals surface area contributed by atoms with Gasteiger partial charge in [0.2, 0.25) is 0 Å². The van der Waals surface area contributed by atoms with Crippen molar-refractivity contribution in [3.8, 4) is 0 Å². The van der Waals surface area contributed by atoms with Crippen LogP contribution in [0.5, 0.6) is 0 Å². The first kappa shape index (κ1) is 11.5. The fraction of sp³-hybridized carbons (Fsp3) is 0.917. The minimum Gasteiger partial charge on any atom is -0.358 e. The molecule has 1 unspecified atom stereocenters. The number of hydrogen-bond donors (Lipinski definition) is 1. The van der Waals surface area contributed by atoms with E-state index < -0.39 is 0 Å². The van der Waals surface area contributed by atoms with E-state index >= 15 is 0 Å². The lowest BCUT2D eigenvalue weighted by molar-refractivity contribution is 0.322. The second-order valence-electron chi connectivity index (χ2n) is 4.92. The van der Waals surface area contributed by atoms with Crippen LogP contribution in [0.4, 0.5) is 0 Å². The Labute approximate surface area is 88.2 Å². The highest BCUT2D eigenvalue weighted by Gasteiger charge is 2.21. The zero-order chi connectivity index (χ0) is 10.6. The standard InChI is InChI=1S/C12H24N2/c1-10(2)6-4-7-11(3)14-9-5-8-12(14)13/h10-11,13H,4-9H2,1-3H3. The number of likely N-dealkylation sites (tertiary alicyclic amines) is 1. The molecular weight excluding hydrogens is 172 g/mol. The van der Waals surface area contributed by atoms with Gasteiger partial charge in [0.1, 0.15) is 0 Å². The van der Waals surface area contributed by atoms with Crippen molar-refractivity contribution in [3.63, 3.8) is 0 Å². The van der Waals surface area contributed by atoms with E-state index in [1.54, 1.807) is 0 Å². The van der Waals surface area contributed by atoms with Crippen LogP contribution in [-0.2, 0) is 0 Å². The maximum Gasteiger partial charge on any atom is 0.0960 e. The van der Waals surface area contributed by atoms with Gasteiger partial charge in [-0.2, -0.15) is 0 Å². The van der Waals surface area contributed by atoms with Crippen LogP contribution in [0.25, 0.3) is 0 Å². The van der Waals surface area contributed by atoms with Gasteiger partial charge in [-0.25, -0.2) is 0 Å². The Hall–Kier alpha value is -0.530. The molecule has 0 aromatic heterocycles. The van der Waals surface area contributed by atoms with Crippen LogP contribution < -0.4 is 0 Å². The molecule has 0 spiro atoms. The largest absolute Gasteiger partial charge is 0.358 e. The summed E-state index contributed by atoms with van der Waals surface area (Å²) in [5.74, 6) is 1.68. The Morgan fingerprint density at radius 2 is 2.00 bits per heavy atom. The van der Waals surface area contributed by atoms with Crippen LogP contribution in [0, 0.1) is 11.3 Å². The lowest BCUT2D eigenvalue weighted by Gasteiger charge is -2.26. The second-order valence-corrected chi connectivity index (χ2v) is 4.92. The van der Waals surface area contributed by atoms with Gasteiger partial charge in [-0.05, 0) is 25.7 Å². The Morgan fingerprint density at radius 1 is 1.29 bits per heavy atom. The molecule has 1 aliphatic heterocycles. The van der Waals surface area contributed by atoms with Crippen LogP contribution in [0.3, 0.4) is 0 Å². The van der Waals surface area contributed by atoms with Crippen molar-refractivity contribution in [2.24, 2.45) is 5.92 Å². The molecule has 1 aliphatic rings. The van der Waals surface area contributed by atoms with Crippen LogP contribution in [-0.4, -0.2) is 23.3 Å². The average Bonchev–Trinajstić information content (AvgIpc) is 2.50. The van der Waals surface area contributed by atoms with Crippen molar-refractivity contribution in [1.82, 2.24) is 4.90 Å². The van der Waals surface area contributed by atoms with E-state index in [-0.39, 0.29) is 0 Å². The van der Waals surface area contributed by atoms with Gasteiger partial charge < -0.3 is 4.90 Å².